The van der Waals surface area contributed by atoms with Crippen molar-refractivity contribution >= 4 is 21.8 Å². The number of likely N-dealkylation sites (tertiary alicyclic amines) is 1. The maximum absolute atomic E-state index is 12.8. The van der Waals surface area contributed by atoms with Crippen molar-refractivity contribution in [2.45, 2.75) is 25.9 Å². The summed E-state index contributed by atoms with van der Waals surface area (Å²) in [6, 6.07) is 15.9. The predicted octanol–water partition coefficient (Wildman–Crippen LogP) is 4.21. The van der Waals surface area contributed by atoms with E-state index in [9.17, 15) is 4.79 Å². The standard InChI is InChI=1S/C25H25BrN6O2/c26-21-6-3-5-19(14-21)24-29-23(34-30-24)16-31-11-8-18(9-12-31)25(33)28-15-20-4-1-2-7-22(20)32-13-10-27-17-32/h1-7,10,13-14,17-18H,8-9,11-12,15-16H2,(H,28,33). The second-order valence-corrected chi connectivity index (χ2v) is 9.30. The maximum atomic E-state index is 12.8. The van der Waals surface area contributed by atoms with Crippen LogP contribution in [-0.2, 0) is 17.9 Å². The van der Waals surface area contributed by atoms with E-state index in [4.69, 9.17) is 4.52 Å². The van der Waals surface area contributed by atoms with Gasteiger partial charge in [0, 0.05) is 34.9 Å². The molecule has 0 unspecified atom stereocenters. The van der Waals surface area contributed by atoms with Crippen LogP contribution in [0.1, 0.15) is 24.3 Å². The molecule has 3 heterocycles. The Bertz CT molecular complexity index is 1250. The number of amides is 1. The number of aromatic nitrogens is 4. The lowest BCUT2D eigenvalue weighted by Crippen LogP contribution is -2.40. The van der Waals surface area contributed by atoms with Gasteiger partial charge in [-0.2, -0.15) is 4.98 Å². The molecule has 1 fully saturated rings. The van der Waals surface area contributed by atoms with Crippen LogP contribution >= 0.6 is 15.9 Å². The van der Waals surface area contributed by atoms with Gasteiger partial charge in [0.05, 0.1) is 18.6 Å². The lowest BCUT2D eigenvalue weighted by Gasteiger charge is -2.30. The van der Waals surface area contributed by atoms with Crippen molar-refractivity contribution < 1.29 is 9.32 Å². The van der Waals surface area contributed by atoms with Gasteiger partial charge in [-0.25, -0.2) is 4.98 Å². The zero-order valence-corrected chi connectivity index (χ0v) is 20.2. The molecule has 1 aliphatic rings. The lowest BCUT2D eigenvalue weighted by atomic mass is 9.96. The topological polar surface area (TPSA) is 89.1 Å². The van der Waals surface area contributed by atoms with E-state index in [-0.39, 0.29) is 11.8 Å². The summed E-state index contributed by atoms with van der Waals surface area (Å²) in [6.07, 6.45) is 7.03. The highest BCUT2D eigenvalue weighted by atomic mass is 79.9. The number of benzene rings is 2. The van der Waals surface area contributed by atoms with Crippen molar-refractivity contribution in [3.63, 3.8) is 0 Å². The number of hydrogen-bond acceptors (Lipinski definition) is 6. The molecule has 1 N–H and O–H groups in total. The highest BCUT2D eigenvalue weighted by Gasteiger charge is 2.26. The Labute approximate surface area is 206 Å². The van der Waals surface area contributed by atoms with Crippen molar-refractivity contribution in [2.24, 2.45) is 5.92 Å². The summed E-state index contributed by atoms with van der Waals surface area (Å²) in [4.78, 5) is 23.7. The van der Waals surface area contributed by atoms with Gasteiger partial charge in [0.25, 0.3) is 0 Å². The molecule has 9 heteroatoms. The number of rotatable bonds is 7. The molecule has 0 radical (unpaired) electrons. The fraction of sp³-hybridized carbons (Fsp3) is 0.280. The third-order valence-electron chi connectivity index (χ3n) is 6.10. The molecular weight excluding hydrogens is 496 g/mol. The normalized spacial score (nSPS) is 14.9. The summed E-state index contributed by atoms with van der Waals surface area (Å²) in [7, 11) is 0. The first-order valence-electron chi connectivity index (χ1n) is 11.3. The summed E-state index contributed by atoms with van der Waals surface area (Å²) in [6.45, 7) is 2.72. The largest absolute Gasteiger partial charge is 0.352 e. The van der Waals surface area contributed by atoms with E-state index in [2.05, 4.69) is 41.3 Å². The van der Waals surface area contributed by atoms with Crippen LogP contribution in [0.2, 0.25) is 0 Å². The molecule has 1 aliphatic heterocycles. The minimum atomic E-state index is 0.0107. The molecular formula is C25H25BrN6O2. The van der Waals surface area contributed by atoms with Crippen molar-refractivity contribution in [1.29, 1.82) is 0 Å². The minimum Gasteiger partial charge on any atom is -0.352 e. The Morgan fingerprint density at radius 2 is 2.00 bits per heavy atom. The molecule has 0 saturated carbocycles. The Morgan fingerprint density at radius 3 is 2.79 bits per heavy atom. The lowest BCUT2D eigenvalue weighted by molar-refractivity contribution is -0.126. The van der Waals surface area contributed by atoms with Crippen LogP contribution in [0.5, 0.6) is 0 Å². The molecule has 1 amide bonds. The first-order chi connectivity index (χ1) is 16.7. The number of carbonyl (C=O) groups is 1. The van der Waals surface area contributed by atoms with Crippen LogP contribution in [0.3, 0.4) is 0 Å². The summed E-state index contributed by atoms with van der Waals surface area (Å²) >= 11 is 3.47. The van der Waals surface area contributed by atoms with Crippen molar-refractivity contribution in [2.75, 3.05) is 13.1 Å². The molecule has 174 valence electrons. The second kappa shape index (κ2) is 10.3. The Hall–Kier alpha value is -3.30. The summed E-state index contributed by atoms with van der Waals surface area (Å²) in [5.74, 6) is 1.29. The number of imidazole rings is 1. The number of halogens is 1. The van der Waals surface area contributed by atoms with Crippen molar-refractivity contribution in [1.82, 2.24) is 29.9 Å². The fourth-order valence-electron chi connectivity index (χ4n) is 4.25. The molecule has 0 spiro atoms. The van der Waals surface area contributed by atoms with E-state index in [1.165, 1.54) is 0 Å². The zero-order chi connectivity index (χ0) is 23.3. The van der Waals surface area contributed by atoms with E-state index in [1.807, 2.05) is 59.3 Å². The van der Waals surface area contributed by atoms with E-state index < -0.39 is 0 Å². The average Bonchev–Trinajstić information content (AvgIpc) is 3.56. The first kappa shape index (κ1) is 22.5. The SMILES string of the molecule is O=C(NCc1ccccc1-n1ccnc1)C1CCN(Cc2nc(-c3cccc(Br)c3)no2)CC1. The first-order valence-corrected chi connectivity index (χ1v) is 12.1. The fourth-order valence-corrected chi connectivity index (χ4v) is 4.65. The molecule has 4 aromatic rings. The Kier molecular flexibility index (Phi) is 6.82. The van der Waals surface area contributed by atoms with Crippen LogP contribution in [0.15, 0.2) is 76.2 Å². The van der Waals surface area contributed by atoms with Gasteiger partial charge in [0.1, 0.15) is 0 Å². The van der Waals surface area contributed by atoms with E-state index in [1.54, 1.807) is 12.5 Å². The summed E-state index contributed by atoms with van der Waals surface area (Å²) in [5, 5.41) is 7.24. The van der Waals surface area contributed by atoms with Gasteiger partial charge in [-0.05, 0) is 49.7 Å². The van der Waals surface area contributed by atoms with Crippen LogP contribution in [0.25, 0.3) is 17.1 Å². The maximum Gasteiger partial charge on any atom is 0.241 e. The third kappa shape index (κ3) is 5.26. The number of nitrogens with zero attached hydrogens (tertiary/aromatic N) is 5. The second-order valence-electron chi connectivity index (χ2n) is 8.39. The van der Waals surface area contributed by atoms with E-state index in [0.717, 1.165) is 47.2 Å². The van der Waals surface area contributed by atoms with E-state index in [0.29, 0.717) is 24.8 Å². The average molecular weight is 521 g/mol. The molecule has 0 aliphatic carbocycles. The molecule has 0 bridgehead atoms. The van der Waals surface area contributed by atoms with Gasteiger partial charge >= 0.3 is 0 Å². The number of hydrogen-bond donors (Lipinski definition) is 1. The predicted molar refractivity (Wildman–Crippen MR) is 131 cm³/mol. The van der Waals surface area contributed by atoms with Crippen LogP contribution in [0, 0.1) is 5.92 Å². The quantitative estimate of drug-likeness (QED) is 0.392. The van der Waals surface area contributed by atoms with Crippen molar-refractivity contribution in [3.8, 4) is 17.1 Å². The van der Waals surface area contributed by atoms with Gasteiger partial charge in [0.2, 0.25) is 17.6 Å². The molecule has 34 heavy (non-hydrogen) atoms. The number of carbonyl (C=O) groups excluding carboxylic acids is 1. The van der Waals surface area contributed by atoms with Gasteiger partial charge in [0.15, 0.2) is 0 Å². The molecule has 2 aromatic carbocycles. The minimum absolute atomic E-state index is 0.0107. The Morgan fingerprint density at radius 1 is 1.15 bits per heavy atom. The van der Waals surface area contributed by atoms with Gasteiger partial charge in [-0.3, -0.25) is 9.69 Å². The van der Waals surface area contributed by atoms with E-state index >= 15 is 0 Å². The smallest absolute Gasteiger partial charge is 0.241 e. The molecule has 0 atom stereocenters. The van der Waals surface area contributed by atoms with Gasteiger partial charge in [-0.15, -0.1) is 0 Å². The summed E-state index contributed by atoms with van der Waals surface area (Å²) in [5.41, 5.74) is 3.00. The molecule has 5 rings (SSSR count). The monoisotopic (exact) mass is 520 g/mol. The molecule has 1 saturated heterocycles. The van der Waals surface area contributed by atoms with Crippen LogP contribution < -0.4 is 5.32 Å². The number of para-hydroxylation sites is 1. The molecule has 8 nitrogen and oxygen atoms in total. The summed E-state index contributed by atoms with van der Waals surface area (Å²) < 4.78 is 8.39. The third-order valence-corrected chi connectivity index (χ3v) is 6.59. The number of piperidine rings is 1. The van der Waals surface area contributed by atoms with Crippen LogP contribution in [-0.4, -0.2) is 43.6 Å². The van der Waals surface area contributed by atoms with Crippen molar-refractivity contribution in [3.05, 3.63) is 83.2 Å². The van der Waals surface area contributed by atoms with Crippen LogP contribution in [0.4, 0.5) is 0 Å². The van der Waals surface area contributed by atoms with Gasteiger partial charge in [-0.1, -0.05) is 51.4 Å². The number of nitrogens with one attached hydrogen (secondary N) is 1. The Balaban J connectivity index is 1.12. The highest BCUT2D eigenvalue weighted by Crippen LogP contribution is 2.23. The highest BCUT2D eigenvalue weighted by molar-refractivity contribution is 9.10. The molecule has 2 aromatic heterocycles. The van der Waals surface area contributed by atoms with Gasteiger partial charge < -0.3 is 14.4 Å². The zero-order valence-electron chi connectivity index (χ0n) is 18.6.